The Balaban J connectivity index is 1.37. The van der Waals surface area contributed by atoms with Crippen molar-refractivity contribution < 1.29 is 43.5 Å². The summed E-state index contributed by atoms with van der Waals surface area (Å²) in [6.07, 6.45) is 5.77. The van der Waals surface area contributed by atoms with Crippen LogP contribution >= 0.6 is 0 Å². The van der Waals surface area contributed by atoms with Crippen LogP contribution in [0, 0.1) is 11.3 Å². The number of anilines is 2. The van der Waals surface area contributed by atoms with E-state index in [0.29, 0.717) is 93.9 Å². The second kappa shape index (κ2) is 13.9. The molecule has 60 heavy (non-hydrogen) atoms. The quantitative estimate of drug-likeness (QED) is 0.118. The van der Waals surface area contributed by atoms with Gasteiger partial charge in [-0.05, 0) is 86.4 Å². The Labute approximate surface area is 350 Å². The Morgan fingerprint density at radius 1 is 0.967 bits per heavy atom. The van der Waals surface area contributed by atoms with Gasteiger partial charge < -0.3 is 44.8 Å². The fraction of sp³-hybridized carbons (Fsp3) is 0.587. The number of carbonyl (C=O) groups excluding carboxylic acids is 3. The van der Waals surface area contributed by atoms with Gasteiger partial charge in [0.2, 0.25) is 5.60 Å². The van der Waals surface area contributed by atoms with Crippen molar-refractivity contribution >= 4 is 40.2 Å². The number of ether oxygens (including phenoxy) is 4. The molecule has 14 heteroatoms. The highest BCUT2D eigenvalue weighted by Crippen LogP contribution is 2.68. The number of nitrogen functional groups attached to an aromatic ring is 1. The molecular formula is C46H59N5O9. The van der Waals surface area contributed by atoms with Gasteiger partial charge in [0.15, 0.2) is 6.10 Å². The third kappa shape index (κ3) is 5.23. The van der Waals surface area contributed by atoms with Crippen LogP contribution in [0.5, 0.6) is 5.75 Å². The first kappa shape index (κ1) is 40.8. The number of esters is 3. The van der Waals surface area contributed by atoms with Crippen LogP contribution in [0.4, 0.5) is 11.4 Å². The molecule has 3 aromatic rings. The number of hydrogen-bond acceptors (Lipinski definition) is 13. The second-order valence-corrected chi connectivity index (χ2v) is 18.5. The van der Waals surface area contributed by atoms with Crippen LogP contribution < -0.4 is 15.4 Å². The number of piperidine rings is 1. The number of likely N-dealkylation sites (N-methyl/N-ethyl adjacent to an activating group) is 1. The Kier molecular flexibility index (Phi) is 9.48. The molecule has 0 amide bonds. The van der Waals surface area contributed by atoms with E-state index in [0.717, 1.165) is 27.7 Å². The van der Waals surface area contributed by atoms with E-state index < -0.39 is 57.5 Å². The van der Waals surface area contributed by atoms with E-state index in [1.54, 1.807) is 7.11 Å². The zero-order valence-electron chi connectivity index (χ0n) is 35.8. The molecule has 2 unspecified atom stereocenters. The standard InChI is InChI=1S/C46H59N5O9/c1-8-42(55)22-27-23-45(40(53)58-6,36-29(13-17-50(24-27)25-42)30-19-28(47)11-12-33(30)48-36)32-20-31-34(21-35(32)57-5)49(4)38-44(31)15-18-51-16-10-14-43(9-2,37(44)51)39(60-26(3)52)46(38,56)41(54)59-7/h10-12,14,19-21,27,37-39,48,55-56H,8-9,13,15-18,22-25,47H2,1-7H3/t27-,37+,38?,39-,42+,43-,44-,45+,46+/m1/s1. The summed E-state index contributed by atoms with van der Waals surface area (Å²) < 4.78 is 23.9. The third-order valence-corrected chi connectivity index (χ3v) is 15.7. The number of aromatic amines is 1. The van der Waals surface area contributed by atoms with Gasteiger partial charge in [0.05, 0.1) is 33.0 Å². The number of nitrogens with two attached hydrogens (primary N) is 1. The van der Waals surface area contributed by atoms with Gasteiger partial charge in [-0.25, -0.2) is 4.79 Å². The summed E-state index contributed by atoms with van der Waals surface area (Å²) in [5.74, 6) is -1.66. The molecule has 5 aliphatic heterocycles. The largest absolute Gasteiger partial charge is 0.496 e. The molecule has 2 saturated heterocycles. The van der Waals surface area contributed by atoms with Gasteiger partial charge in [-0.3, -0.25) is 19.4 Å². The van der Waals surface area contributed by atoms with Crippen LogP contribution in [0.2, 0.25) is 0 Å². The summed E-state index contributed by atoms with van der Waals surface area (Å²) in [5, 5.41) is 26.3. The fourth-order valence-electron chi connectivity index (χ4n) is 13.6. The molecule has 14 nitrogen and oxygen atoms in total. The number of nitrogens with one attached hydrogen (secondary N) is 1. The Morgan fingerprint density at radius 3 is 2.42 bits per heavy atom. The van der Waals surface area contributed by atoms with Gasteiger partial charge >= 0.3 is 17.9 Å². The van der Waals surface area contributed by atoms with Crippen molar-refractivity contribution in [1.29, 1.82) is 0 Å². The van der Waals surface area contributed by atoms with Crippen LogP contribution in [-0.2, 0) is 45.8 Å². The number of methoxy groups -OCH3 is 3. The lowest BCUT2D eigenvalue weighted by atomic mass is 9.47. The highest BCUT2D eigenvalue weighted by molar-refractivity contribution is 5.95. The van der Waals surface area contributed by atoms with E-state index >= 15 is 4.79 Å². The van der Waals surface area contributed by atoms with Crippen LogP contribution in [0.3, 0.4) is 0 Å². The molecule has 9 rings (SSSR count). The van der Waals surface area contributed by atoms with Crippen LogP contribution in [0.25, 0.3) is 10.9 Å². The molecule has 1 aromatic heterocycles. The molecule has 3 fully saturated rings. The van der Waals surface area contributed by atoms with Crippen molar-refractivity contribution in [2.24, 2.45) is 11.3 Å². The van der Waals surface area contributed by atoms with Crippen molar-refractivity contribution in [3.8, 4) is 5.75 Å². The molecule has 1 aliphatic carbocycles. The molecule has 5 N–H and O–H groups in total. The molecule has 10 atom stereocenters. The number of fused-ring (bicyclic) bond motifs is 6. The summed E-state index contributed by atoms with van der Waals surface area (Å²) in [6.45, 7) is 8.48. The zero-order valence-corrected chi connectivity index (χ0v) is 35.8. The molecule has 6 aliphatic rings. The molecule has 0 radical (unpaired) electrons. The zero-order chi connectivity index (χ0) is 42.7. The summed E-state index contributed by atoms with van der Waals surface area (Å²) in [6, 6.07) is 8.50. The lowest BCUT2D eigenvalue weighted by molar-refractivity contribution is -0.228. The Bertz CT molecular complexity index is 2310. The van der Waals surface area contributed by atoms with Crippen LogP contribution in [0.15, 0.2) is 42.5 Å². The van der Waals surface area contributed by atoms with E-state index in [9.17, 15) is 19.8 Å². The van der Waals surface area contributed by atoms with Crippen molar-refractivity contribution in [1.82, 2.24) is 14.8 Å². The van der Waals surface area contributed by atoms with Gasteiger partial charge in [-0.2, -0.15) is 0 Å². The third-order valence-electron chi connectivity index (χ3n) is 15.7. The number of rotatable bonds is 7. The average Bonchev–Trinajstić information content (AvgIpc) is 3.89. The summed E-state index contributed by atoms with van der Waals surface area (Å²) in [4.78, 5) is 53.2. The summed E-state index contributed by atoms with van der Waals surface area (Å²) in [7, 11) is 6.11. The SMILES string of the molecule is CC[C@]1(O)C[C@H]2CN(CCc3c([nH]c4ccc(N)cc34)[C@@](C(=O)OC)(c3cc4c(cc3OC)N(C)C3[C@]45CCN4CC=C[C@@](CC)([C@@H](OC(C)=O)[C@]3(O)C(=O)OC)[C@H]45)C2)C1. The Hall–Kier alpha value is -4.63. The van der Waals surface area contributed by atoms with Crippen LogP contribution in [-0.4, -0.2) is 133 Å². The highest BCUT2D eigenvalue weighted by atomic mass is 16.6. The van der Waals surface area contributed by atoms with E-state index in [-0.39, 0.29) is 12.0 Å². The lowest BCUT2D eigenvalue weighted by Crippen LogP contribution is -2.81. The molecule has 2 aromatic carbocycles. The molecule has 1 spiro atoms. The molecule has 2 bridgehead atoms. The highest BCUT2D eigenvalue weighted by Gasteiger charge is 2.80. The normalized spacial score (nSPS) is 36.5. The van der Waals surface area contributed by atoms with E-state index in [1.165, 1.54) is 21.1 Å². The van der Waals surface area contributed by atoms with Gasteiger partial charge in [-0.15, -0.1) is 0 Å². The van der Waals surface area contributed by atoms with E-state index in [4.69, 9.17) is 24.7 Å². The molecule has 6 heterocycles. The molecular weight excluding hydrogens is 767 g/mol. The number of aliphatic hydroxyl groups is 2. The van der Waals surface area contributed by atoms with Crippen molar-refractivity contribution in [3.05, 3.63) is 64.9 Å². The van der Waals surface area contributed by atoms with Crippen LogP contribution in [0.1, 0.15) is 75.3 Å². The smallest absolute Gasteiger partial charge is 0.344 e. The predicted octanol–water partition coefficient (Wildman–Crippen LogP) is 3.57. The average molecular weight is 826 g/mol. The van der Waals surface area contributed by atoms with Gasteiger partial charge in [-0.1, -0.05) is 26.0 Å². The minimum absolute atomic E-state index is 0.126. The van der Waals surface area contributed by atoms with Crippen molar-refractivity contribution in [2.75, 3.05) is 71.7 Å². The minimum Gasteiger partial charge on any atom is -0.496 e. The van der Waals surface area contributed by atoms with E-state index in [1.807, 2.05) is 62.2 Å². The topological polar surface area (TPSA) is 180 Å². The van der Waals surface area contributed by atoms with Gasteiger partial charge in [0.25, 0.3) is 0 Å². The number of carbonyl (C=O) groups is 3. The van der Waals surface area contributed by atoms with E-state index in [2.05, 4.69) is 20.9 Å². The van der Waals surface area contributed by atoms with Crippen molar-refractivity contribution in [3.63, 3.8) is 0 Å². The summed E-state index contributed by atoms with van der Waals surface area (Å²) >= 11 is 0. The lowest BCUT2D eigenvalue weighted by Gasteiger charge is -2.63. The number of H-pyrrole nitrogens is 1. The van der Waals surface area contributed by atoms with Gasteiger partial charge in [0.1, 0.15) is 11.2 Å². The maximum atomic E-state index is 15.4. The monoisotopic (exact) mass is 825 g/mol. The minimum atomic E-state index is -2.32. The fourth-order valence-corrected chi connectivity index (χ4v) is 13.6. The first-order chi connectivity index (χ1) is 28.6. The second-order valence-electron chi connectivity index (χ2n) is 18.5. The first-order valence-electron chi connectivity index (χ1n) is 21.4. The number of aromatic nitrogens is 1. The predicted molar refractivity (Wildman–Crippen MR) is 225 cm³/mol. The maximum absolute atomic E-state index is 15.4. The molecule has 1 saturated carbocycles. The van der Waals surface area contributed by atoms with Gasteiger partial charge in [0, 0.05) is 96.6 Å². The molecule has 322 valence electrons. The number of hydrogen-bond donors (Lipinski definition) is 4. The summed E-state index contributed by atoms with van der Waals surface area (Å²) in [5.41, 5.74) is 5.04. The number of benzene rings is 2. The van der Waals surface area contributed by atoms with Crippen molar-refractivity contribution in [2.45, 2.75) is 99.5 Å². The first-order valence-corrected chi connectivity index (χ1v) is 21.4. The number of nitrogens with zero attached hydrogens (tertiary/aromatic N) is 3. The Morgan fingerprint density at radius 2 is 1.73 bits per heavy atom. The maximum Gasteiger partial charge on any atom is 0.344 e.